The summed E-state index contributed by atoms with van der Waals surface area (Å²) in [5.41, 5.74) is 7.99. The van der Waals surface area contributed by atoms with E-state index in [4.69, 9.17) is 10.5 Å². The molecule has 0 atom stereocenters. The fourth-order valence-electron chi connectivity index (χ4n) is 2.75. The molecule has 3 heterocycles. The van der Waals surface area contributed by atoms with Gasteiger partial charge in [-0.3, -0.25) is 4.99 Å². The number of rotatable bonds is 6. The van der Waals surface area contributed by atoms with Crippen LogP contribution in [0.2, 0.25) is 0 Å². The lowest BCUT2D eigenvalue weighted by atomic mass is 10.1. The second kappa shape index (κ2) is 8.95. The van der Waals surface area contributed by atoms with Gasteiger partial charge in [0.15, 0.2) is 0 Å². The Bertz CT molecular complexity index is 813. The molecule has 2 aromatic rings. The topological polar surface area (TPSA) is 114 Å². The number of morpholine rings is 1. The van der Waals surface area contributed by atoms with E-state index in [1.807, 2.05) is 25.4 Å². The van der Waals surface area contributed by atoms with E-state index in [1.165, 1.54) is 6.20 Å². The number of aliphatic imine (C=N–C) groups is 1. The Balaban J connectivity index is 1.81. The predicted octanol–water partition coefficient (Wildman–Crippen LogP) is 1.33. The predicted molar refractivity (Wildman–Crippen MR) is 108 cm³/mol. The minimum Gasteiger partial charge on any atom is -0.403 e. The number of hydrogen-bond acceptors (Lipinski definition) is 9. The molecule has 0 amide bonds. The van der Waals surface area contributed by atoms with Crippen molar-refractivity contribution in [2.24, 2.45) is 10.7 Å². The number of nitrogens with one attached hydrogen (secondary N) is 2. The fourth-order valence-corrected chi connectivity index (χ4v) is 2.75. The van der Waals surface area contributed by atoms with Gasteiger partial charge in [-0.15, -0.1) is 0 Å². The standard InChI is InChI=1S/C18H24N8O/c1-20-11-14(9-19)24-18-23-12-15(17(21-2)25-18)13-3-4-16(22-10-13)26-5-7-27-8-6-26/h3-4,9-12H,5-8,19H2,1-2H3,(H2,21,23,24,25)/b14-9+,20-11?. The lowest BCUT2D eigenvalue weighted by Crippen LogP contribution is -2.36. The first-order valence-electron chi connectivity index (χ1n) is 8.70. The van der Waals surface area contributed by atoms with Crippen LogP contribution in [0.5, 0.6) is 0 Å². The van der Waals surface area contributed by atoms with Gasteiger partial charge in [0, 0.05) is 63.1 Å². The Kier molecular flexibility index (Phi) is 6.16. The number of anilines is 3. The zero-order valence-electron chi connectivity index (χ0n) is 15.5. The second-order valence-electron chi connectivity index (χ2n) is 5.84. The minimum absolute atomic E-state index is 0.428. The summed E-state index contributed by atoms with van der Waals surface area (Å²) >= 11 is 0. The van der Waals surface area contributed by atoms with Gasteiger partial charge < -0.3 is 26.0 Å². The third-order valence-electron chi connectivity index (χ3n) is 4.12. The van der Waals surface area contributed by atoms with Crippen LogP contribution in [0.15, 0.2) is 41.4 Å². The maximum atomic E-state index is 5.57. The Morgan fingerprint density at radius 1 is 1.26 bits per heavy atom. The van der Waals surface area contributed by atoms with Crippen molar-refractivity contribution in [3.8, 4) is 11.1 Å². The van der Waals surface area contributed by atoms with Crippen LogP contribution >= 0.6 is 0 Å². The molecule has 9 nitrogen and oxygen atoms in total. The van der Waals surface area contributed by atoms with E-state index in [0.29, 0.717) is 17.5 Å². The lowest BCUT2D eigenvalue weighted by Gasteiger charge is -2.27. The summed E-state index contributed by atoms with van der Waals surface area (Å²) in [6.07, 6.45) is 6.61. The van der Waals surface area contributed by atoms with Crippen molar-refractivity contribution in [3.63, 3.8) is 0 Å². The van der Waals surface area contributed by atoms with E-state index in [2.05, 4.69) is 35.5 Å². The van der Waals surface area contributed by atoms with Crippen molar-refractivity contribution in [3.05, 3.63) is 36.4 Å². The number of pyridine rings is 1. The minimum atomic E-state index is 0.428. The van der Waals surface area contributed by atoms with Crippen LogP contribution in [0, 0.1) is 0 Å². The maximum Gasteiger partial charge on any atom is 0.229 e. The number of allylic oxidation sites excluding steroid dienone is 1. The molecule has 1 fully saturated rings. The summed E-state index contributed by atoms with van der Waals surface area (Å²) in [5, 5.41) is 6.13. The van der Waals surface area contributed by atoms with Crippen molar-refractivity contribution in [1.82, 2.24) is 15.0 Å². The molecular weight excluding hydrogens is 344 g/mol. The van der Waals surface area contributed by atoms with Crippen LogP contribution in [0.3, 0.4) is 0 Å². The highest BCUT2D eigenvalue weighted by molar-refractivity contribution is 5.82. The van der Waals surface area contributed by atoms with Crippen LogP contribution < -0.4 is 21.3 Å². The summed E-state index contributed by atoms with van der Waals surface area (Å²) in [7, 11) is 3.49. The number of nitrogens with two attached hydrogens (primary N) is 1. The molecule has 9 heteroatoms. The summed E-state index contributed by atoms with van der Waals surface area (Å²) in [5.74, 6) is 2.07. The smallest absolute Gasteiger partial charge is 0.229 e. The highest BCUT2D eigenvalue weighted by Gasteiger charge is 2.14. The third-order valence-corrected chi connectivity index (χ3v) is 4.12. The SMILES string of the molecule is CN=C/C(=C\N)Nc1ncc(-c2ccc(N3CCOCC3)nc2)c(NC)n1. The molecule has 3 rings (SSSR count). The number of hydrogen-bond donors (Lipinski definition) is 3. The van der Waals surface area contributed by atoms with E-state index in [0.717, 1.165) is 43.2 Å². The average molecular weight is 368 g/mol. The van der Waals surface area contributed by atoms with Gasteiger partial charge >= 0.3 is 0 Å². The third kappa shape index (κ3) is 4.50. The fraction of sp³-hybridized carbons (Fsp3) is 0.333. The van der Waals surface area contributed by atoms with E-state index >= 15 is 0 Å². The molecular formula is C18H24N8O. The molecule has 2 aromatic heterocycles. The summed E-state index contributed by atoms with van der Waals surface area (Å²) in [6.45, 7) is 3.18. The molecule has 4 N–H and O–H groups in total. The number of ether oxygens (including phenoxy) is 1. The summed E-state index contributed by atoms with van der Waals surface area (Å²) in [6, 6.07) is 4.04. The first-order valence-corrected chi connectivity index (χ1v) is 8.70. The normalized spacial score (nSPS) is 15.2. The number of nitrogens with zero attached hydrogens (tertiary/aromatic N) is 5. The van der Waals surface area contributed by atoms with Gasteiger partial charge in [-0.2, -0.15) is 4.98 Å². The molecule has 0 spiro atoms. The lowest BCUT2D eigenvalue weighted by molar-refractivity contribution is 0.122. The van der Waals surface area contributed by atoms with Crippen molar-refractivity contribution in [2.75, 3.05) is 55.9 Å². The first-order chi connectivity index (χ1) is 13.2. The molecule has 27 heavy (non-hydrogen) atoms. The maximum absolute atomic E-state index is 5.57. The summed E-state index contributed by atoms with van der Waals surface area (Å²) in [4.78, 5) is 19.6. The van der Waals surface area contributed by atoms with E-state index in [1.54, 1.807) is 19.5 Å². The van der Waals surface area contributed by atoms with Crippen molar-refractivity contribution in [2.45, 2.75) is 0 Å². The van der Waals surface area contributed by atoms with Crippen molar-refractivity contribution in [1.29, 1.82) is 0 Å². The van der Waals surface area contributed by atoms with Crippen LogP contribution in [0.4, 0.5) is 17.6 Å². The zero-order chi connectivity index (χ0) is 19.1. The zero-order valence-corrected chi connectivity index (χ0v) is 15.5. The monoisotopic (exact) mass is 368 g/mol. The van der Waals surface area contributed by atoms with Crippen molar-refractivity contribution >= 4 is 23.8 Å². The average Bonchev–Trinajstić information content (AvgIpc) is 2.74. The van der Waals surface area contributed by atoms with Gasteiger partial charge in [0.1, 0.15) is 11.6 Å². The van der Waals surface area contributed by atoms with E-state index < -0.39 is 0 Å². The molecule has 0 unspecified atom stereocenters. The molecule has 1 aliphatic rings. The quantitative estimate of drug-likeness (QED) is 0.655. The molecule has 142 valence electrons. The molecule has 0 aromatic carbocycles. The van der Waals surface area contributed by atoms with Crippen LogP contribution in [0.1, 0.15) is 0 Å². The Hall–Kier alpha value is -3.20. The first kappa shape index (κ1) is 18.6. The Morgan fingerprint density at radius 3 is 2.70 bits per heavy atom. The molecule has 1 aliphatic heterocycles. The Morgan fingerprint density at radius 2 is 2.07 bits per heavy atom. The van der Waals surface area contributed by atoms with Gasteiger partial charge in [-0.1, -0.05) is 0 Å². The van der Waals surface area contributed by atoms with Crippen LogP contribution in [0.25, 0.3) is 11.1 Å². The van der Waals surface area contributed by atoms with Gasteiger partial charge in [0.25, 0.3) is 0 Å². The largest absolute Gasteiger partial charge is 0.403 e. The molecule has 0 saturated carbocycles. The molecule has 0 bridgehead atoms. The van der Waals surface area contributed by atoms with Gasteiger partial charge in [0.05, 0.1) is 18.9 Å². The molecule has 0 aliphatic carbocycles. The number of aromatic nitrogens is 3. The highest BCUT2D eigenvalue weighted by Crippen LogP contribution is 2.27. The molecule has 0 radical (unpaired) electrons. The van der Waals surface area contributed by atoms with E-state index in [9.17, 15) is 0 Å². The van der Waals surface area contributed by atoms with Crippen LogP contribution in [-0.4, -0.2) is 61.6 Å². The van der Waals surface area contributed by atoms with E-state index in [-0.39, 0.29) is 0 Å². The summed E-state index contributed by atoms with van der Waals surface area (Å²) < 4.78 is 5.39. The van der Waals surface area contributed by atoms with Gasteiger partial charge in [-0.25, -0.2) is 9.97 Å². The van der Waals surface area contributed by atoms with Gasteiger partial charge in [-0.05, 0) is 12.1 Å². The van der Waals surface area contributed by atoms with Crippen molar-refractivity contribution < 1.29 is 4.74 Å². The molecule has 1 saturated heterocycles. The Labute approximate surface area is 158 Å². The van der Waals surface area contributed by atoms with Gasteiger partial charge in [0.2, 0.25) is 5.95 Å². The van der Waals surface area contributed by atoms with Crippen LogP contribution in [-0.2, 0) is 4.74 Å². The second-order valence-corrected chi connectivity index (χ2v) is 5.84. The highest BCUT2D eigenvalue weighted by atomic mass is 16.5.